The van der Waals surface area contributed by atoms with Crippen LogP contribution in [0.3, 0.4) is 0 Å². The lowest BCUT2D eigenvalue weighted by atomic mass is 9.65. The molecule has 0 amide bonds. The molecular weight excluding hydrogens is 765 g/mol. The molecule has 0 N–H and O–H groups in total. The molecule has 0 aromatic heterocycles. The molecule has 0 heterocycles. The van der Waals surface area contributed by atoms with Crippen LogP contribution in [0.15, 0.2) is 218 Å². The van der Waals surface area contributed by atoms with Gasteiger partial charge in [-0.1, -0.05) is 146 Å². The van der Waals surface area contributed by atoms with Gasteiger partial charge in [-0.15, -0.1) is 0 Å². The minimum Gasteiger partial charge on any atom is -0.419 e. The second-order valence-electron chi connectivity index (χ2n) is 13.8. The average molecular weight is 801 g/mol. The summed E-state index contributed by atoms with van der Waals surface area (Å²) < 4.78 is 24.0. The highest BCUT2D eigenvalue weighted by atomic mass is 16.6. The monoisotopic (exact) mass is 800 g/mol. The Morgan fingerprint density at radius 3 is 0.787 bits per heavy atom. The summed E-state index contributed by atoms with van der Waals surface area (Å²) in [6.07, 6.45) is 0. The van der Waals surface area contributed by atoms with Crippen LogP contribution in [0.4, 0.5) is 0 Å². The van der Waals surface area contributed by atoms with Gasteiger partial charge in [-0.25, -0.2) is 19.2 Å². The van der Waals surface area contributed by atoms with Crippen LogP contribution in [0.1, 0.15) is 63.7 Å². The van der Waals surface area contributed by atoms with Crippen LogP contribution in [-0.4, -0.2) is 23.9 Å². The first-order chi connectivity index (χ1) is 29.9. The van der Waals surface area contributed by atoms with Gasteiger partial charge in [0, 0.05) is 0 Å². The molecule has 8 heteroatoms. The number of carbonyl (C=O) groups excluding carboxylic acids is 4. The van der Waals surface area contributed by atoms with Crippen molar-refractivity contribution in [3.05, 3.63) is 263 Å². The van der Waals surface area contributed by atoms with Crippen LogP contribution in [0, 0.1) is 0 Å². The van der Waals surface area contributed by atoms with Gasteiger partial charge in [0.2, 0.25) is 0 Å². The molecule has 0 aliphatic carbocycles. The van der Waals surface area contributed by atoms with Crippen LogP contribution in [-0.2, 0) is 5.41 Å². The van der Waals surface area contributed by atoms with Crippen LogP contribution in [0.25, 0.3) is 0 Å². The third-order valence-electron chi connectivity index (χ3n) is 10.0. The van der Waals surface area contributed by atoms with E-state index >= 15 is 0 Å². The molecule has 0 fully saturated rings. The standard InChI is InChI=1S/C53H36O8/c54-49(37-19-7-1-8-20-37)58-45-33-31-43(35-47(45)60-51(56)39-23-11-3-12-24-39)53(41-27-15-5-16-28-41,42-29-17-6-18-30-42)44-32-34-46(59-50(55)38-21-9-2-10-22-38)48(36-44)61-52(57)40-25-13-4-14-26-40/h1-36H. The summed E-state index contributed by atoms with van der Waals surface area (Å²) in [5.74, 6) is -2.64. The maximum absolute atomic E-state index is 13.7. The summed E-state index contributed by atoms with van der Waals surface area (Å²) >= 11 is 0. The fourth-order valence-corrected chi connectivity index (χ4v) is 7.12. The maximum Gasteiger partial charge on any atom is 0.343 e. The molecule has 0 aliphatic rings. The summed E-state index contributed by atoms with van der Waals surface area (Å²) in [5.41, 5.74) is 2.71. The van der Waals surface area contributed by atoms with Crippen molar-refractivity contribution in [2.24, 2.45) is 0 Å². The fourth-order valence-electron chi connectivity index (χ4n) is 7.12. The Bertz CT molecular complexity index is 2600. The second-order valence-corrected chi connectivity index (χ2v) is 13.8. The molecular formula is C53H36O8. The largest absolute Gasteiger partial charge is 0.419 e. The zero-order chi connectivity index (χ0) is 42.0. The van der Waals surface area contributed by atoms with E-state index in [0.29, 0.717) is 22.3 Å². The fraction of sp³-hybridized carbons (Fsp3) is 0.0189. The first kappa shape index (κ1) is 39.5. The molecule has 0 saturated carbocycles. The van der Waals surface area contributed by atoms with Crippen LogP contribution >= 0.6 is 0 Å². The molecule has 296 valence electrons. The zero-order valence-electron chi connectivity index (χ0n) is 32.6. The Morgan fingerprint density at radius 1 is 0.262 bits per heavy atom. The minimum absolute atomic E-state index is 0.0116. The second kappa shape index (κ2) is 18.1. The highest BCUT2D eigenvalue weighted by molar-refractivity contribution is 5.94. The summed E-state index contributed by atoms with van der Waals surface area (Å²) in [5, 5.41) is 0. The van der Waals surface area contributed by atoms with Gasteiger partial charge in [0.05, 0.1) is 27.7 Å². The molecule has 0 unspecified atom stereocenters. The molecule has 0 saturated heterocycles. The van der Waals surface area contributed by atoms with Gasteiger partial charge >= 0.3 is 23.9 Å². The number of hydrogen-bond acceptors (Lipinski definition) is 8. The lowest BCUT2D eigenvalue weighted by Crippen LogP contribution is -2.31. The predicted molar refractivity (Wildman–Crippen MR) is 230 cm³/mol. The molecule has 8 rings (SSSR count). The predicted octanol–water partition coefficient (Wildman–Crippen LogP) is 10.9. The Labute approximate surface area is 352 Å². The maximum atomic E-state index is 13.7. The third-order valence-corrected chi connectivity index (χ3v) is 10.0. The molecule has 8 aromatic rings. The summed E-state index contributed by atoms with van der Waals surface area (Å²) in [6.45, 7) is 0. The van der Waals surface area contributed by atoms with E-state index in [0.717, 1.165) is 11.1 Å². The Balaban J connectivity index is 1.34. The zero-order valence-corrected chi connectivity index (χ0v) is 32.6. The van der Waals surface area contributed by atoms with Crippen molar-refractivity contribution in [2.75, 3.05) is 0 Å². The van der Waals surface area contributed by atoms with E-state index in [1.165, 1.54) is 0 Å². The number of carbonyl (C=O) groups is 4. The highest BCUT2D eigenvalue weighted by Gasteiger charge is 2.40. The van der Waals surface area contributed by atoms with Crippen molar-refractivity contribution in [3.8, 4) is 23.0 Å². The number of rotatable bonds is 12. The van der Waals surface area contributed by atoms with E-state index in [-0.39, 0.29) is 34.1 Å². The molecule has 0 spiro atoms. The van der Waals surface area contributed by atoms with Gasteiger partial charge in [-0.2, -0.15) is 0 Å². The molecule has 0 radical (unpaired) electrons. The van der Waals surface area contributed by atoms with Crippen molar-refractivity contribution < 1.29 is 38.1 Å². The molecule has 61 heavy (non-hydrogen) atoms. The van der Waals surface area contributed by atoms with E-state index in [4.69, 9.17) is 18.9 Å². The van der Waals surface area contributed by atoms with E-state index in [2.05, 4.69) is 0 Å². The molecule has 8 nitrogen and oxygen atoms in total. The average Bonchev–Trinajstić information content (AvgIpc) is 3.32. The highest BCUT2D eigenvalue weighted by Crippen LogP contribution is 2.49. The van der Waals surface area contributed by atoms with E-state index in [1.807, 2.05) is 60.7 Å². The van der Waals surface area contributed by atoms with E-state index in [1.54, 1.807) is 158 Å². The van der Waals surface area contributed by atoms with Crippen molar-refractivity contribution >= 4 is 23.9 Å². The van der Waals surface area contributed by atoms with Crippen molar-refractivity contribution in [1.29, 1.82) is 0 Å². The third kappa shape index (κ3) is 8.60. The Kier molecular flexibility index (Phi) is 11.7. The molecule has 8 aromatic carbocycles. The minimum atomic E-state index is -1.23. The summed E-state index contributed by atoms with van der Waals surface area (Å²) in [7, 11) is 0. The van der Waals surface area contributed by atoms with Gasteiger partial charge in [-0.3, -0.25) is 0 Å². The van der Waals surface area contributed by atoms with Crippen LogP contribution < -0.4 is 18.9 Å². The van der Waals surface area contributed by atoms with Crippen LogP contribution in [0.5, 0.6) is 23.0 Å². The Hall–Kier alpha value is -8.36. The van der Waals surface area contributed by atoms with Crippen LogP contribution in [0.2, 0.25) is 0 Å². The molecule has 0 bridgehead atoms. The number of hydrogen-bond donors (Lipinski definition) is 0. The number of esters is 4. The van der Waals surface area contributed by atoms with Gasteiger partial charge in [-0.05, 0) is 95.1 Å². The normalized spacial score (nSPS) is 10.9. The SMILES string of the molecule is O=C(Oc1ccc(C(c2ccccc2)(c2ccccc2)c2ccc(OC(=O)c3ccccc3)c(OC(=O)c3ccccc3)c2)cc1OC(=O)c1ccccc1)c1ccccc1. The van der Waals surface area contributed by atoms with Crippen molar-refractivity contribution in [2.45, 2.75) is 5.41 Å². The lowest BCUT2D eigenvalue weighted by Gasteiger charge is -2.37. The lowest BCUT2D eigenvalue weighted by molar-refractivity contribution is 0.0682. The van der Waals surface area contributed by atoms with E-state index in [9.17, 15) is 19.2 Å². The first-order valence-corrected chi connectivity index (χ1v) is 19.4. The van der Waals surface area contributed by atoms with Gasteiger partial charge in [0.15, 0.2) is 23.0 Å². The topological polar surface area (TPSA) is 105 Å². The van der Waals surface area contributed by atoms with E-state index < -0.39 is 29.3 Å². The quantitative estimate of drug-likeness (QED) is 0.0683. The first-order valence-electron chi connectivity index (χ1n) is 19.4. The summed E-state index contributed by atoms with van der Waals surface area (Å²) in [4.78, 5) is 54.4. The van der Waals surface area contributed by atoms with Gasteiger partial charge < -0.3 is 18.9 Å². The van der Waals surface area contributed by atoms with Gasteiger partial charge in [0.25, 0.3) is 0 Å². The number of benzene rings is 8. The number of ether oxygens (including phenoxy) is 4. The van der Waals surface area contributed by atoms with Gasteiger partial charge in [0.1, 0.15) is 0 Å². The van der Waals surface area contributed by atoms with Crippen molar-refractivity contribution in [1.82, 2.24) is 0 Å². The Morgan fingerprint density at radius 2 is 0.508 bits per heavy atom. The molecule has 0 atom stereocenters. The molecule has 0 aliphatic heterocycles. The summed E-state index contributed by atoms with van der Waals surface area (Å²) in [6, 6.07) is 63.4. The van der Waals surface area contributed by atoms with Crippen molar-refractivity contribution in [3.63, 3.8) is 0 Å². The smallest absolute Gasteiger partial charge is 0.343 e.